The molecule has 0 saturated carbocycles. The van der Waals surface area contributed by atoms with Gasteiger partial charge < -0.3 is 14.7 Å². The van der Waals surface area contributed by atoms with Crippen molar-refractivity contribution in [3.8, 4) is 0 Å². The molecular weight excluding hydrogens is 312 g/mol. The third-order valence-corrected chi connectivity index (χ3v) is 4.08. The molecule has 0 spiro atoms. The lowest BCUT2D eigenvalue weighted by Gasteiger charge is -2.36. The fourth-order valence-electron chi connectivity index (χ4n) is 3.01. The molecule has 0 unspecified atom stereocenters. The Balaban J connectivity index is 1.97. The Hall–Kier alpha value is -2.48. The summed E-state index contributed by atoms with van der Waals surface area (Å²) in [5.74, 6) is -0.865. The summed E-state index contributed by atoms with van der Waals surface area (Å²) >= 11 is 0. The largest absolute Gasteiger partial charge is 0.477 e. The van der Waals surface area contributed by atoms with Crippen molar-refractivity contribution in [2.45, 2.75) is 26.3 Å². The van der Waals surface area contributed by atoms with Gasteiger partial charge in [-0.15, -0.1) is 0 Å². The van der Waals surface area contributed by atoms with Crippen molar-refractivity contribution in [2.75, 3.05) is 19.8 Å². The van der Waals surface area contributed by atoms with Gasteiger partial charge in [0.2, 0.25) is 0 Å². The summed E-state index contributed by atoms with van der Waals surface area (Å²) in [4.78, 5) is 30.1. The third-order valence-electron chi connectivity index (χ3n) is 4.08. The fourth-order valence-corrected chi connectivity index (χ4v) is 3.01. The van der Waals surface area contributed by atoms with E-state index in [1.54, 1.807) is 11.0 Å². The Labute approximate surface area is 139 Å². The molecule has 1 fully saturated rings. The van der Waals surface area contributed by atoms with Crippen LogP contribution in [0.3, 0.4) is 0 Å². The van der Waals surface area contributed by atoms with E-state index in [9.17, 15) is 14.7 Å². The zero-order valence-corrected chi connectivity index (χ0v) is 13.7. The summed E-state index contributed by atoms with van der Waals surface area (Å²) < 4.78 is 6.82. The van der Waals surface area contributed by atoms with Crippen molar-refractivity contribution in [2.24, 2.45) is 5.92 Å². The minimum atomic E-state index is -1.12. The molecule has 3 heterocycles. The number of carbonyl (C=O) groups excluding carboxylic acids is 1. The molecule has 0 aliphatic carbocycles. The normalized spacial score (nSPS) is 18.3. The predicted molar refractivity (Wildman–Crippen MR) is 85.0 cm³/mol. The molecule has 0 bridgehead atoms. The molecule has 1 amide bonds. The number of aromatic nitrogens is 3. The maximum absolute atomic E-state index is 13.0. The lowest BCUT2D eigenvalue weighted by atomic mass is 10.0. The molecule has 0 aromatic carbocycles. The minimum Gasteiger partial charge on any atom is -0.477 e. The molecule has 8 heteroatoms. The van der Waals surface area contributed by atoms with Crippen molar-refractivity contribution >= 4 is 17.5 Å². The number of carboxylic acid groups (broad SMARTS) is 1. The first kappa shape index (κ1) is 16.4. The van der Waals surface area contributed by atoms with Gasteiger partial charge in [-0.1, -0.05) is 13.8 Å². The van der Waals surface area contributed by atoms with Crippen LogP contribution in [0.25, 0.3) is 5.65 Å². The summed E-state index contributed by atoms with van der Waals surface area (Å²) in [5, 5.41) is 13.2. The molecule has 1 saturated heterocycles. The van der Waals surface area contributed by atoms with Crippen molar-refractivity contribution in [3.63, 3.8) is 0 Å². The average molecular weight is 332 g/mol. The van der Waals surface area contributed by atoms with Crippen molar-refractivity contribution in [1.82, 2.24) is 19.5 Å². The van der Waals surface area contributed by atoms with Gasteiger partial charge in [0.1, 0.15) is 11.3 Å². The van der Waals surface area contributed by atoms with Crippen LogP contribution in [0.4, 0.5) is 0 Å². The highest BCUT2D eigenvalue weighted by Crippen LogP contribution is 2.19. The Bertz CT molecular complexity index is 771. The molecule has 1 aliphatic rings. The Morgan fingerprint density at radius 3 is 2.96 bits per heavy atom. The predicted octanol–water partition coefficient (Wildman–Crippen LogP) is 1.31. The van der Waals surface area contributed by atoms with Crippen LogP contribution < -0.4 is 0 Å². The first-order valence-corrected chi connectivity index (χ1v) is 7.93. The minimum absolute atomic E-state index is 0.00368. The van der Waals surface area contributed by atoms with Gasteiger partial charge in [0, 0.05) is 12.7 Å². The lowest BCUT2D eigenvalue weighted by molar-refractivity contribution is -0.00790. The number of hydrogen-bond donors (Lipinski definition) is 1. The number of amides is 1. The Morgan fingerprint density at radius 1 is 1.46 bits per heavy atom. The number of ether oxygens (including phenoxy) is 1. The van der Waals surface area contributed by atoms with E-state index in [4.69, 9.17) is 4.74 Å². The van der Waals surface area contributed by atoms with Crippen LogP contribution in [-0.2, 0) is 4.74 Å². The fraction of sp³-hybridized carbons (Fsp3) is 0.500. The number of morpholine rings is 1. The van der Waals surface area contributed by atoms with Crippen LogP contribution in [-0.4, -0.2) is 62.3 Å². The van der Waals surface area contributed by atoms with Gasteiger partial charge in [0.05, 0.1) is 25.5 Å². The first-order chi connectivity index (χ1) is 11.5. The second-order valence-corrected chi connectivity index (χ2v) is 6.29. The van der Waals surface area contributed by atoms with Gasteiger partial charge in [0.15, 0.2) is 5.65 Å². The van der Waals surface area contributed by atoms with Gasteiger partial charge in [-0.05, 0) is 18.4 Å². The van der Waals surface area contributed by atoms with Gasteiger partial charge in [-0.2, -0.15) is 5.10 Å². The molecule has 1 aliphatic heterocycles. The standard InChI is InChI=1S/C16H20N4O4/c1-10(2)7-11-9-24-6-5-19(11)15(21)13-3-4-17-14-12(16(22)23)8-18-20(13)14/h3-4,8,10-11H,5-7,9H2,1-2H3,(H,22,23)/t11-/m1/s1. The number of carboxylic acids is 1. The summed E-state index contributed by atoms with van der Waals surface area (Å²) in [6, 6.07) is 1.57. The highest BCUT2D eigenvalue weighted by Gasteiger charge is 2.30. The average Bonchev–Trinajstić information content (AvgIpc) is 2.98. The van der Waals surface area contributed by atoms with Gasteiger partial charge in [0.25, 0.3) is 5.91 Å². The Kier molecular flexibility index (Phi) is 4.48. The SMILES string of the molecule is CC(C)C[C@@H]1COCCN1C(=O)c1ccnc2c(C(=O)O)cnn12. The number of fused-ring (bicyclic) bond motifs is 1. The summed E-state index contributed by atoms with van der Waals surface area (Å²) in [7, 11) is 0. The van der Waals surface area contributed by atoms with Gasteiger partial charge in [-0.25, -0.2) is 14.3 Å². The monoisotopic (exact) mass is 332 g/mol. The second-order valence-electron chi connectivity index (χ2n) is 6.29. The molecule has 8 nitrogen and oxygen atoms in total. The van der Waals surface area contributed by atoms with E-state index >= 15 is 0 Å². The number of rotatable bonds is 4. The quantitative estimate of drug-likeness (QED) is 0.907. The van der Waals surface area contributed by atoms with E-state index in [1.165, 1.54) is 16.9 Å². The van der Waals surface area contributed by atoms with Crippen molar-refractivity contribution in [1.29, 1.82) is 0 Å². The summed E-state index contributed by atoms with van der Waals surface area (Å²) in [6.07, 6.45) is 3.50. The van der Waals surface area contributed by atoms with E-state index < -0.39 is 5.97 Å². The molecule has 128 valence electrons. The molecule has 1 atom stereocenters. The number of nitrogens with zero attached hydrogens (tertiary/aromatic N) is 4. The molecule has 0 radical (unpaired) electrons. The number of carbonyl (C=O) groups is 2. The van der Waals surface area contributed by atoms with E-state index in [2.05, 4.69) is 23.9 Å². The highest BCUT2D eigenvalue weighted by molar-refractivity contribution is 5.97. The van der Waals surface area contributed by atoms with Gasteiger partial charge >= 0.3 is 5.97 Å². The van der Waals surface area contributed by atoms with Crippen LogP contribution >= 0.6 is 0 Å². The van der Waals surface area contributed by atoms with Crippen LogP contribution in [0.2, 0.25) is 0 Å². The lowest BCUT2D eigenvalue weighted by Crippen LogP contribution is -2.49. The van der Waals surface area contributed by atoms with Crippen LogP contribution in [0.15, 0.2) is 18.5 Å². The zero-order valence-electron chi connectivity index (χ0n) is 13.7. The Morgan fingerprint density at radius 2 is 2.25 bits per heavy atom. The highest BCUT2D eigenvalue weighted by atomic mass is 16.5. The molecule has 2 aromatic rings. The summed E-state index contributed by atoms with van der Waals surface area (Å²) in [5.41, 5.74) is 0.454. The van der Waals surface area contributed by atoms with Crippen molar-refractivity contribution < 1.29 is 19.4 Å². The van der Waals surface area contributed by atoms with E-state index in [-0.39, 0.29) is 23.2 Å². The molecular formula is C16H20N4O4. The smallest absolute Gasteiger partial charge is 0.341 e. The van der Waals surface area contributed by atoms with Crippen LogP contribution in [0, 0.1) is 5.92 Å². The van der Waals surface area contributed by atoms with E-state index in [1.807, 2.05) is 0 Å². The zero-order chi connectivity index (χ0) is 17.3. The van der Waals surface area contributed by atoms with Gasteiger partial charge in [-0.3, -0.25) is 4.79 Å². The third kappa shape index (κ3) is 2.96. The van der Waals surface area contributed by atoms with Crippen LogP contribution in [0.1, 0.15) is 41.1 Å². The second kappa shape index (κ2) is 6.56. The number of aromatic carboxylic acids is 1. The van der Waals surface area contributed by atoms with Crippen molar-refractivity contribution in [3.05, 3.63) is 29.7 Å². The molecule has 3 rings (SSSR count). The first-order valence-electron chi connectivity index (χ1n) is 7.93. The molecule has 1 N–H and O–H groups in total. The summed E-state index contributed by atoms with van der Waals surface area (Å²) in [6.45, 7) is 5.72. The van der Waals surface area contributed by atoms with E-state index in [0.29, 0.717) is 31.4 Å². The van der Waals surface area contributed by atoms with Crippen LogP contribution in [0.5, 0.6) is 0 Å². The number of hydrogen-bond acceptors (Lipinski definition) is 5. The maximum Gasteiger partial charge on any atom is 0.341 e. The maximum atomic E-state index is 13.0. The van der Waals surface area contributed by atoms with E-state index in [0.717, 1.165) is 6.42 Å². The molecule has 24 heavy (non-hydrogen) atoms. The topological polar surface area (TPSA) is 97.0 Å². The molecule has 2 aromatic heterocycles.